The molecule has 0 aliphatic heterocycles. The zero-order valence-electron chi connectivity index (χ0n) is 8.24. The molecule has 5 nitrogen and oxygen atoms in total. The largest absolute Gasteiger partial charge is 0.322 e. The number of nitrogens with one attached hydrogen (secondary N) is 1. The zero-order chi connectivity index (χ0) is 10.6. The van der Waals surface area contributed by atoms with E-state index in [0.717, 1.165) is 12.1 Å². The van der Waals surface area contributed by atoms with Gasteiger partial charge in [0.2, 0.25) is 5.91 Å². The summed E-state index contributed by atoms with van der Waals surface area (Å²) in [5, 5.41) is 15.1. The second-order valence-corrected chi connectivity index (χ2v) is 2.90. The number of nitrogens with zero attached hydrogens (tertiary/aromatic N) is 3. The first-order chi connectivity index (χ1) is 6.67. The molecular formula is C9H12N4O. The average Bonchev–Trinajstić information content (AvgIpc) is 2.46. The third kappa shape index (κ3) is 2.33. The number of amides is 1. The number of carbonyl (C=O) groups excluding carboxylic acids is 1. The van der Waals surface area contributed by atoms with Gasteiger partial charge in [0, 0.05) is 13.2 Å². The monoisotopic (exact) mass is 192 g/mol. The molecule has 0 bridgehead atoms. The lowest BCUT2D eigenvalue weighted by Crippen LogP contribution is -2.10. The highest BCUT2D eigenvalue weighted by atomic mass is 16.1. The summed E-state index contributed by atoms with van der Waals surface area (Å²) in [5.74, 6) is -0.296. The normalized spacial score (nSPS) is 9.50. The molecule has 1 aromatic rings. The number of hydrogen-bond acceptors (Lipinski definition) is 3. The Balaban J connectivity index is 2.76. The Morgan fingerprint density at radius 2 is 2.50 bits per heavy atom. The number of hydrogen-bond donors (Lipinski definition) is 1. The second-order valence-electron chi connectivity index (χ2n) is 2.90. The number of nitriles is 1. The van der Waals surface area contributed by atoms with Gasteiger partial charge >= 0.3 is 0 Å². The molecule has 0 unspecified atom stereocenters. The average molecular weight is 192 g/mol. The van der Waals surface area contributed by atoms with E-state index < -0.39 is 0 Å². The van der Waals surface area contributed by atoms with E-state index in [1.807, 2.05) is 6.92 Å². The standard InChI is InChI=1S/C9H12N4O/c1-3-7-8(6-13(2)12-7)11-9(14)4-5-10/h6H,3-4H2,1-2H3,(H,11,14). The Kier molecular flexibility index (Phi) is 3.24. The predicted molar refractivity (Wildman–Crippen MR) is 51.4 cm³/mol. The minimum Gasteiger partial charge on any atom is -0.322 e. The topological polar surface area (TPSA) is 70.7 Å². The highest BCUT2D eigenvalue weighted by Gasteiger charge is 2.08. The van der Waals surface area contributed by atoms with Gasteiger partial charge in [-0.1, -0.05) is 6.92 Å². The molecule has 5 heteroatoms. The zero-order valence-corrected chi connectivity index (χ0v) is 8.24. The SMILES string of the molecule is CCc1nn(C)cc1NC(=O)CC#N. The Labute approximate surface area is 82.3 Å². The lowest BCUT2D eigenvalue weighted by Gasteiger charge is -1.99. The maximum absolute atomic E-state index is 11.1. The molecule has 1 heterocycles. The van der Waals surface area contributed by atoms with Crippen LogP contribution in [0.25, 0.3) is 0 Å². The minimum absolute atomic E-state index is 0.127. The van der Waals surface area contributed by atoms with Gasteiger partial charge in [0.25, 0.3) is 0 Å². The maximum Gasteiger partial charge on any atom is 0.238 e. The van der Waals surface area contributed by atoms with Crippen LogP contribution in [-0.2, 0) is 18.3 Å². The van der Waals surface area contributed by atoms with Gasteiger partial charge in [-0.3, -0.25) is 9.48 Å². The van der Waals surface area contributed by atoms with Crippen LogP contribution in [-0.4, -0.2) is 15.7 Å². The molecule has 0 fully saturated rings. The van der Waals surface area contributed by atoms with Crippen LogP contribution in [0.3, 0.4) is 0 Å². The van der Waals surface area contributed by atoms with Crippen molar-refractivity contribution in [3.05, 3.63) is 11.9 Å². The summed E-state index contributed by atoms with van der Waals surface area (Å²) < 4.78 is 1.64. The van der Waals surface area contributed by atoms with Gasteiger partial charge in [0.05, 0.1) is 17.5 Å². The molecule has 1 amide bonds. The number of anilines is 1. The van der Waals surface area contributed by atoms with Crippen LogP contribution in [0.4, 0.5) is 5.69 Å². The number of aryl methyl sites for hydroxylation is 2. The van der Waals surface area contributed by atoms with Crippen LogP contribution < -0.4 is 5.32 Å². The van der Waals surface area contributed by atoms with Crippen molar-refractivity contribution in [1.29, 1.82) is 5.26 Å². The van der Waals surface area contributed by atoms with Gasteiger partial charge in [0.15, 0.2) is 0 Å². The summed E-state index contributed by atoms with van der Waals surface area (Å²) in [7, 11) is 1.79. The first-order valence-electron chi connectivity index (χ1n) is 4.36. The van der Waals surface area contributed by atoms with E-state index in [-0.39, 0.29) is 12.3 Å². The van der Waals surface area contributed by atoms with E-state index >= 15 is 0 Å². The molecule has 0 aliphatic rings. The smallest absolute Gasteiger partial charge is 0.238 e. The predicted octanol–water partition coefficient (Wildman–Crippen LogP) is 0.835. The third-order valence-corrected chi connectivity index (χ3v) is 1.75. The highest BCUT2D eigenvalue weighted by molar-refractivity contribution is 5.92. The first kappa shape index (κ1) is 10.3. The molecular weight excluding hydrogens is 180 g/mol. The summed E-state index contributed by atoms with van der Waals surface area (Å²) in [5.41, 5.74) is 1.52. The van der Waals surface area contributed by atoms with Gasteiger partial charge < -0.3 is 5.32 Å². The summed E-state index contributed by atoms with van der Waals surface area (Å²) in [4.78, 5) is 11.1. The fourth-order valence-electron chi connectivity index (χ4n) is 1.17. The van der Waals surface area contributed by atoms with Crippen LogP contribution in [0.15, 0.2) is 6.20 Å². The van der Waals surface area contributed by atoms with Crippen molar-refractivity contribution in [3.8, 4) is 6.07 Å². The highest BCUT2D eigenvalue weighted by Crippen LogP contribution is 2.13. The lowest BCUT2D eigenvalue weighted by molar-refractivity contribution is -0.115. The van der Waals surface area contributed by atoms with Crippen LogP contribution in [0.5, 0.6) is 0 Å². The van der Waals surface area contributed by atoms with Crippen molar-refractivity contribution in [2.45, 2.75) is 19.8 Å². The molecule has 0 aliphatic carbocycles. The van der Waals surface area contributed by atoms with Gasteiger partial charge in [-0.25, -0.2) is 0 Å². The van der Waals surface area contributed by atoms with Crippen molar-refractivity contribution in [1.82, 2.24) is 9.78 Å². The van der Waals surface area contributed by atoms with Crippen LogP contribution in [0.1, 0.15) is 19.0 Å². The van der Waals surface area contributed by atoms with Gasteiger partial charge in [-0.15, -0.1) is 0 Å². The van der Waals surface area contributed by atoms with Gasteiger partial charge in [-0.2, -0.15) is 10.4 Å². The van der Waals surface area contributed by atoms with E-state index in [4.69, 9.17) is 5.26 Å². The van der Waals surface area contributed by atoms with Crippen molar-refractivity contribution in [2.24, 2.45) is 7.05 Å². The fourth-order valence-corrected chi connectivity index (χ4v) is 1.17. The number of rotatable bonds is 3. The molecule has 0 atom stereocenters. The van der Waals surface area contributed by atoms with Gasteiger partial charge in [-0.05, 0) is 6.42 Å². The number of aromatic nitrogens is 2. The van der Waals surface area contributed by atoms with Crippen molar-refractivity contribution < 1.29 is 4.79 Å². The molecule has 1 rings (SSSR count). The minimum atomic E-state index is -0.296. The van der Waals surface area contributed by atoms with E-state index in [2.05, 4.69) is 10.4 Å². The van der Waals surface area contributed by atoms with E-state index in [1.165, 1.54) is 0 Å². The Hall–Kier alpha value is -1.83. The van der Waals surface area contributed by atoms with E-state index in [0.29, 0.717) is 5.69 Å². The summed E-state index contributed by atoms with van der Waals surface area (Å²) in [6.07, 6.45) is 2.36. The fraction of sp³-hybridized carbons (Fsp3) is 0.444. The van der Waals surface area contributed by atoms with Crippen LogP contribution in [0, 0.1) is 11.3 Å². The molecule has 74 valence electrons. The Morgan fingerprint density at radius 1 is 1.79 bits per heavy atom. The number of carbonyl (C=O) groups is 1. The van der Waals surface area contributed by atoms with Gasteiger partial charge in [0.1, 0.15) is 6.42 Å². The molecule has 0 saturated heterocycles. The quantitative estimate of drug-likeness (QED) is 0.771. The maximum atomic E-state index is 11.1. The summed E-state index contributed by atoms with van der Waals surface area (Å²) in [6.45, 7) is 1.96. The molecule has 14 heavy (non-hydrogen) atoms. The van der Waals surface area contributed by atoms with Crippen molar-refractivity contribution in [3.63, 3.8) is 0 Å². The van der Waals surface area contributed by atoms with Crippen LogP contribution >= 0.6 is 0 Å². The van der Waals surface area contributed by atoms with E-state index in [9.17, 15) is 4.79 Å². The first-order valence-corrected chi connectivity index (χ1v) is 4.36. The Morgan fingerprint density at radius 3 is 3.07 bits per heavy atom. The molecule has 1 aromatic heterocycles. The molecule has 0 aromatic carbocycles. The lowest BCUT2D eigenvalue weighted by atomic mass is 10.3. The van der Waals surface area contributed by atoms with Crippen molar-refractivity contribution >= 4 is 11.6 Å². The third-order valence-electron chi connectivity index (χ3n) is 1.75. The van der Waals surface area contributed by atoms with E-state index in [1.54, 1.807) is 24.0 Å². The van der Waals surface area contributed by atoms with Crippen LogP contribution in [0.2, 0.25) is 0 Å². The Bertz CT molecular complexity index is 375. The summed E-state index contributed by atoms with van der Waals surface area (Å²) >= 11 is 0. The molecule has 0 radical (unpaired) electrons. The molecule has 0 saturated carbocycles. The molecule has 0 spiro atoms. The summed E-state index contributed by atoms with van der Waals surface area (Å²) in [6, 6.07) is 1.79. The second kappa shape index (κ2) is 4.42. The van der Waals surface area contributed by atoms with Crippen molar-refractivity contribution in [2.75, 3.05) is 5.32 Å². The molecule has 1 N–H and O–H groups in total.